The molecule has 0 aromatic carbocycles. The number of aromatic amines is 1. The van der Waals surface area contributed by atoms with Gasteiger partial charge in [-0.05, 0) is 17.4 Å². The Morgan fingerprint density at radius 3 is 2.77 bits per heavy atom. The molecule has 2 heterocycles. The van der Waals surface area contributed by atoms with Crippen molar-refractivity contribution >= 4 is 0 Å². The molecule has 0 fully saturated rings. The molecule has 0 bridgehead atoms. The molecule has 0 spiro atoms. The van der Waals surface area contributed by atoms with Gasteiger partial charge in [-0.15, -0.1) is 0 Å². The molecule has 0 aliphatic heterocycles. The van der Waals surface area contributed by atoms with Crippen molar-refractivity contribution < 1.29 is 0 Å². The summed E-state index contributed by atoms with van der Waals surface area (Å²) in [6, 6.07) is 0. The number of hydrogen-bond acceptors (Lipinski definition) is 4. The summed E-state index contributed by atoms with van der Waals surface area (Å²) in [4.78, 5) is 11.1. The highest BCUT2D eigenvalue weighted by Crippen LogP contribution is 2.06. The Bertz CT molecular complexity index is 477. The first-order chi connectivity index (χ1) is 6.18. The van der Waals surface area contributed by atoms with E-state index in [0.717, 1.165) is 5.69 Å². The summed E-state index contributed by atoms with van der Waals surface area (Å²) in [5, 5.41) is 13.3. The van der Waals surface area contributed by atoms with Crippen LogP contribution in [0.25, 0.3) is 5.69 Å². The van der Waals surface area contributed by atoms with Gasteiger partial charge in [-0.25, -0.2) is 9.89 Å². The zero-order valence-electron chi connectivity index (χ0n) is 7.22. The maximum absolute atomic E-state index is 11.1. The van der Waals surface area contributed by atoms with E-state index in [1.54, 1.807) is 24.9 Å². The molecule has 13 heavy (non-hydrogen) atoms. The molecule has 7 nitrogen and oxygen atoms in total. The summed E-state index contributed by atoms with van der Waals surface area (Å²) in [5.74, 6) is 0. The third-order valence-electron chi connectivity index (χ3n) is 1.69. The number of aromatic nitrogens is 6. The third kappa shape index (κ3) is 1.13. The lowest BCUT2D eigenvalue weighted by atomic mass is 10.4. The fourth-order valence-corrected chi connectivity index (χ4v) is 1.15. The molecule has 7 heteroatoms. The molecule has 2 aromatic rings. The molecule has 0 aliphatic carbocycles. The predicted octanol–water partition coefficient (Wildman–Crippen LogP) is -1.00. The Morgan fingerprint density at radius 1 is 1.54 bits per heavy atom. The number of tetrazole rings is 1. The number of H-pyrrole nitrogens is 1. The van der Waals surface area contributed by atoms with Crippen molar-refractivity contribution in [2.75, 3.05) is 0 Å². The van der Waals surface area contributed by atoms with E-state index in [2.05, 4.69) is 20.6 Å². The van der Waals surface area contributed by atoms with E-state index in [4.69, 9.17) is 0 Å². The van der Waals surface area contributed by atoms with Crippen LogP contribution in [0.5, 0.6) is 0 Å². The highest BCUT2D eigenvalue weighted by Gasteiger charge is 2.08. The van der Waals surface area contributed by atoms with Gasteiger partial charge in [0.25, 0.3) is 0 Å². The topological polar surface area (TPSA) is 81.4 Å². The van der Waals surface area contributed by atoms with Crippen LogP contribution in [-0.2, 0) is 7.05 Å². The SMILES string of the molecule is Cc1nn(C)cc1-n1nn[nH]c1=O. The van der Waals surface area contributed by atoms with Gasteiger partial charge in [0.05, 0.1) is 11.9 Å². The fourth-order valence-electron chi connectivity index (χ4n) is 1.15. The van der Waals surface area contributed by atoms with Crippen molar-refractivity contribution in [3.63, 3.8) is 0 Å². The lowest BCUT2D eigenvalue weighted by Crippen LogP contribution is -2.16. The van der Waals surface area contributed by atoms with Gasteiger partial charge in [-0.2, -0.15) is 9.78 Å². The van der Waals surface area contributed by atoms with Gasteiger partial charge in [0, 0.05) is 7.05 Å². The minimum Gasteiger partial charge on any atom is -0.273 e. The maximum Gasteiger partial charge on any atom is 0.365 e. The summed E-state index contributed by atoms with van der Waals surface area (Å²) >= 11 is 0. The average molecular weight is 180 g/mol. The van der Waals surface area contributed by atoms with Crippen molar-refractivity contribution in [2.45, 2.75) is 6.92 Å². The monoisotopic (exact) mass is 180 g/mol. The lowest BCUT2D eigenvalue weighted by Gasteiger charge is -1.91. The van der Waals surface area contributed by atoms with E-state index in [9.17, 15) is 4.79 Å². The van der Waals surface area contributed by atoms with Crippen LogP contribution in [0.3, 0.4) is 0 Å². The second kappa shape index (κ2) is 2.54. The van der Waals surface area contributed by atoms with Crippen molar-refractivity contribution in [2.24, 2.45) is 7.05 Å². The molecule has 0 amide bonds. The van der Waals surface area contributed by atoms with E-state index >= 15 is 0 Å². The van der Waals surface area contributed by atoms with Gasteiger partial charge in [-0.1, -0.05) is 0 Å². The molecule has 1 N–H and O–H groups in total. The quantitative estimate of drug-likeness (QED) is 0.610. The number of rotatable bonds is 1. The van der Waals surface area contributed by atoms with Crippen molar-refractivity contribution in [3.8, 4) is 5.69 Å². The van der Waals surface area contributed by atoms with Crippen molar-refractivity contribution in [3.05, 3.63) is 22.4 Å². The number of aryl methyl sites for hydroxylation is 2. The smallest absolute Gasteiger partial charge is 0.273 e. The summed E-state index contributed by atoms with van der Waals surface area (Å²) in [7, 11) is 1.78. The minimum atomic E-state index is -0.365. The molecule has 0 radical (unpaired) electrons. The van der Waals surface area contributed by atoms with Crippen LogP contribution in [0.1, 0.15) is 5.69 Å². The summed E-state index contributed by atoms with van der Waals surface area (Å²) in [5.41, 5.74) is 1.01. The van der Waals surface area contributed by atoms with Crippen LogP contribution in [0.15, 0.2) is 11.0 Å². The second-order valence-electron chi connectivity index (χ2n) is 2.69. The van der Waals surface area contributed by atoms with E-state index < -0.39 is 0 Å². The van der Waals surface area contributed by atoms with Crippen LogP contribution in [0.2, 0.25) is 0 Å². The molecular formula is C6H8N6O. The Balaban J connectivity index is 2.65. The zero-order chi connectivity index (χ0) is 9.42. The van der Waals surface area contributed by atoms with Crippen molar-refractivity contribution in [1.29, 1.82) is 0 Å². The molecule has 0 aliphatic rings. The van der Waals surface area contributed by atoms with Gasteiger partial charge in [0.2, 0.25) is 0 Å². The molecule has 0 unspecified atom stereocenters. The molecule has 68 valence electrons. The average Bonchev–Trinajstić information content (AvgIpc) is 2.58. The zero-order valence-corrected chi connectivity index (χ0v) is 7.22. The van der Waals surface area contributed by atoms with Gasteiger partial charge in [0.15, 0.2) is 0 Å². The Morgan fingerprint density at radius 2 is 2.31 bits per heavy atom. The second-order valence-corrected chi connectivity index (χ2v) is 2.69. The van der Waals surface area contributed by atoms with Gasteiger partial charge in [0.1, 0.15) is 5.69 Å². The lowest BCUT2D eigenvalue weighted by molar-refractivity contribution is 0.755. The number of hydrogen-bond donors (Lipinski definition) is 1. The van der Waals surface area contributed by atoms with Crippen molar-refractivity contribution in [1.82, 2.24) is 30.0 Å². The van der Waals surface area contributed by atoms with E-state index in [0.29, 0.717) is 5.69 Å². The van der Waals surface area contributed by atoms with Crippen LogP contribution >= 0.6 is 0 Å². The Hall–Kier alpha value is -1.92. The van der Waals surface area contributed by atoms with Crippen LogP contribution in [-0.4, -0.2) is 30.0 Å². The van der Waals surface area contributed by atoms with Crippen LogP contribution in [0.4, 0.5) is 0 Å². The normalized spacial score (nSPS) is 10.6. The van der Waals surface area contributed by atoms with Gasteiger partial charge >= 0.3 is 5.69 Å². The summed E-state index contributed by atoms with van der Waals surface area (Å²) in [6.45, 7) is 1.80. The van der Waals surface area contributed by atoms with Crippen LogP contribution < -0.4 is 5.69 Å². The molecule has 0 saturated heterocycles. The highest BCUT2D eigenvalue weighted by atomic mass is 16.2. The van der Waals surface area contributed by atoms with E-state index in [1.807, 2.05) is 0 Å². The summed E-state index contributed by atoms with van der Waals surface area (Å²) in [6.07, 6.45) is 1.71. The molecule has 0 atom stereocenters. The summed E-state index contributed by atoms with van der Waals surface area (Å²) < 4.78 is 2.79. The molecule has 2 aromatic heterocycles. The molecule has 2 rings (SSSR count). The van der Waals surface area contributed by atoms with Crippen LogP contribution in [0, 0.1) is 6.92 Å². The predicted molar refractivity (Wildman–Crippen MR) is 43.5 cm³/mol. The molecular weight excluding hydrogens is 172 g/mol. The Labute approximate surface area is 73.0 Å². The first-order valence-corrected chi connectivity index (χ1v) is 3.69. The third-order valence-corrected chi connectivity index (χ3v) is 1.69. The number of nitrogens with one attached hydrogen (secondary N) is 1. The first-order valence-electron chi connectivity index (χ1n) is 3.69. The largest absolute Gasteiger partial charge is 0.365 e. The maximum atomic E-state index is 11.1. The van der Waals surface area contributed by atoms with E-state index in [1.165, 1.54) is 4.68 Å². The first kappa shape index (κ1) is 7.71. The Kier molecular flexibility index (Phi) is 1.51. The molecule has 0 saturated carbocycles. The van der Waals surface area contributed by atoms with Gasteiger partial charge in [-0.3, -0.25) is 4.68 Å². The number of nitrogens with zero attached hydrogens (tertiary/aromatic N) is 5. The van der Waals surface area contributed by atoms with Gasteiger partial charge < -0.3 is 0 Å². The highest BCUT2D eigenvalue weighted by molar-refractivity contribution is 5.31. The van der Waals surface area contributed by atoms with E-state index in [-0.39, 0.29) is 5.69 Å². The standard InChI is InChI=1S/C6H8N6O/c1-4-5(3-11(2)8-4)12-6(13)7-9-10-12/h3H,1-2H3,(H,7,10,13). The minimum absolute atomic E-state index is 0.365. The fraction of sp³-hybridized carbons (Fsp3) is 0.333.